The van der Waals surface area contributed by atoms with Crippen LogP contribution >= 0.6 is 11.8 Å². The second-order valence-electron chi connectivity index (χ2n) is 20.7. The monoisotopic (exact) mass is 1060 g/mol. The summed E-state index contributed by atoms with van der Waals surface area (Å²) in [6.45, 7) is 8.03. The number of rotatable bonds is 33. The van der Waals surface area contributed by atoms with Crippen molar-refractivity contribution < 1.29 is 48.3 Å². The number of thioether (sulfide) groups is 1. The molecule has 0 radical (unpaired) electrons. The van der Waals surface area contributed by atoms with Crippen LogP contribution in [0.25, 0.3) is 0 Å². The summed E-state index contributed by atoms with van der Waals surface area (Å²) < 4.78 is 39.4. The number of benzene rings is 4. The van der Waals surface area contributed by atoms with Gasteiger partial charge in [0.25, 0.3) is 0 Å². The van der Waals surface area contributed by atoms with Crippen molar-refractivity contribution in [2.45, 2.75) is 152 Å². The molecule has 0 saturated heterocycles. The second kappa shape index (κ2) is 29.9. The molecule has 76 heavy (non-hydrogen) atoms. The van der Waals surface area contributed by atoms with Gasteiger partial charge in [-0.15, -0.1) is 18.3 Å². The Hall–Kier alpha value is -5.47. The number of unbranched alkanes of at least 4 members (excludes halogenated alkanes) is 11. The lowest BCUT2D eigenvalue weighted by Crippen LogP contribution is -2.70. The van der Waals surface area contributed by atoms with Gasteiger partial charge in [0.2, 0.25) is 12.6 Å². The quantitative estimate of drug-likeness (QED) is 0.0204. The van der Waals surface area contributed by atoms with E-state index in [0.717, 1.165) is 78.7 Å². The van der Waals surface area contributed by atoms with Gasteiger partial charge >= 0.3 is 6.09 Å². The second-order valence-corrected chi connectivity index (χ2v) is 21.8. The van der Waals surface area contributed by atoms with Crippen LogP contribution in [0.3, 0.4) is 0 Å². The number of carbonyl (C=O) groups is 1. The van der Waals surface area contributed by atoms with Gasteiger partial charge < -0.3 is 43.5 Å². The van der Waals surface area contributed by atoms with Gasteiger partial charge in [0.1, 0.15) is 24.1 Å². The standard InChI is InChI=1S/C63H82N2O10S/c1-3-5-6-7-8-9-10-11-12-23-37-70-62(68)65(44-48-30-32-57-58(40-48)72-46-71-57)59-43-55(64-74-45-47-24-15-13-16-25-47)53-41-49(26-19-21-34-66)52(29-20-22-35-67)60-54-42-50(69-38-39-76-51-27-17-14-18-28-51)31-33-56(54)75-63(59,61(53)60)73-36-4-2/h4,13-18,24-25,27-28,30-33,40-42,49,52,59-61,66-67H,2-3,5-12,19-23,26,29,34-39,43-46H2,1H3/t49-,52+,59-,60+,61+,63+/m0/s1. The molecule has 1 amide bonds. The van der Waals surface area contributed by atoms with Crippen molar-refractivity contribution in [2.75, 3.05) is 45.6 Å². The molecule has 2 heterocycles. The summed E-state index contributed by atoms with van der Waals surface area (Å²) >= 11 is 1.75. The Kier molecular flexibility index (Phi) is 22.3. The first-order chi connectivity index (χ1) is 37.5. The molecule has 6 atom stereocenters. The summed E-state index contributed by atoms with van der Waals surface area (Å²) in [7, 11) is 0. The number of carbonyl (C=O) groups excluding carboxylic acids is 1. The molecular formula is C63H82N2O10S. The average molecular weight is 1060 g/mol. The first-order valence-electron chi connectivity index (χ1n) is 28.3. The molecule has 1 fully saturated rings. The van der Waals surface area contributed by atoms with Crippen molar-refractivity contribution in [1.82, 2.24) is 4.90 Å². The maximum atomic E-state index is 15.3. The van der Waals surface area contributed by atoms with Gasteiger partial charge in [0.15, 0.2) is 11.5 Å². The molecular weight excluding hydrogens is 977 g/mol. The number of allylic oxidation sites excluding steroid dienone is 1. The molecule has 0 unspecified atom stereocenters. The van der Waals surface area contributed by atoms with E-state index in [0.29, 0.717) is 42.4 Å². The van der Waals surface area contributed by atoms with Crippen LogP contribution in [0, 0.1) is 17.8 Å². The van der Waals surface area contributed by atoms with Crippen molar-refractivity contribution in [3.63, 3.8) is 0 Å². The summed E-state index contributed by atoms with van der Waals surface area (Å²) in [5.74, 6) is 1.37. The van der Waals surface area contributed by atoms with Crippen LogP contribution in [0.2, 0.25) is 0 Å². The summed E-state index contributed by atoms with van der Waals surface area (Å²) in [6, 6.07) is 31.5. The van der Waals surface area contributed by atoms with Crippen LogP contribution in [0.5, 0.6) is 23.0 Å². The van der Waals surface area contributed by atoms with Gasteiger partial charge in [-0.2, -0.15) is 0 Å². The number of nitrogens with zero attached hydrogens (tertiary/aromatic N) is 2. The van der Waals surface area contributed by atoms with Gasteiger partial charge in [0.05, 0.1) is 31.5 Å². The summed E-state index contributed by atoms with van der Waals surface area (Å²) in [4.78, 5) is 24.6. The van der Waals surface area contributed by atoms with Crippen LogP contribution in [-0.2, 0) is 27.5 Å². The number of ether oxygens (including phenoxy) is 6. The summed E-state index contributed by atoms with van der Waals surface area (Å²) in [6.07, 6.45) is 20.2. The van der Waals surface area contributed by atoms with Crippen LogP contribution in [0.15, 0.2) is 131 Å². The first-order valence-corrected chi connectivity index (χ1v) is 29.3. The number of aliphatic hydroxyl groups is 2. The number of hydrogen-bond donors (Lipinski definition) is 2. The highest BCUT2D eigenvalue weighted by molar-refractivity contribution is 7.99. The van der Waals surface area contributed by atoms with E-state index < -0.39 is 23.8 Å². The molecule has 410 valence electrons. The summed E-state index contributed by atoms with van der Waals surface area (Å²) in [5, 5.41) is 25.3. The topological polar surface area (TPSA) is 138 Å². The fourth-order valence-electron chi connectivity index (χ4n) is 11.7. The molecule has 2 aliphatic heterocycles. The molecule has 0 bridgehead atoms. The van der Waals surface area contributed by atoms with Crippen molar-refractivity contribution in [3.05, 3.63) is 138 Å². The lowest BCUT2D eigenvalue weighted by molar-refractivity contribution is -0.256. The molecule has 4 aliphatic rings. The van der Waals surface area contributed by atoms with E-state index >= 15 is 4.79 Å². The normalized spacial score (nSPS) is 21.5. The molecule has 13 heteroatoms. The Morgan fingerprint density at radius 2 is 1.50 bits per heavy atom. The van der Waals surface area contributed by atoms with Gasteiger partial charge in [-0.25, -0.2) is 4.79 Å². The number of aliphatic hydroxyl groups excluding tert-OH is 2. The summed E-state index contributed by atoms with van der Waals surface area (Å²) in [5.41, 5.74) is 4.48. The molecule has 8 rings (SSSR count). The minimum atomic E-state index is -1.47. The zero-order valence-corrected chi connectivity index (χ0v) is 45.7. The van der Waals surface area contributed by atoms with Gasteiger partial charge in [0, 0.05) is 48.3 Å². The van der Waals surface area contributed by atoms with Gasteiger partial charge in [-0.3, -0.25) is 4.90 Å². The third-order valence-electron chi connectivity index (χ3n) is 15.4. The largest absolute Gasteiger partial charge is 0.493 e. The van der Waals surface area contributed by atoms with Crippen LogP contribution in [0.4, 0.5) is 4.79 Å². The van der Waals surface area contributed by atoms with E-state index in [2.05, 4.69) is 37.8 Å². The number of hydrogen-bond acceptors (Lipinski definition) is 12. The minimum Gasteiger partial charge on any atom is -0.493 e. The molecule has 12 nitrogen and oxygen atoms in total. The van der Waals surface area contributed by atoms with E-state index in [9.17, 15) is 10.2 Å². The van der Waals surface area contributed by atoms with Gasteiger partial charge in [-0.05, 0) is 103 Å². The fraction of sp³-hybridized carbons (Fsp3) is 0.524. The predicted molar refractivity (Wildman–Crippen MR) is 300 cm³/mol. The van der Waals surface area contributed by atoms with Crippen LogP contribution in [-0.4, -0.2) is 84.3 Å². The fourth-order valence-corrected chi connectivity index (χ4v) is 12.5. The average Bonchev–Trinajstić information content (AvgIpc) is 4.01. The molecule has 0 aromatic heterocycles. The third kappa shape index (κ3) is 15.0. The lowest BCUT2D eigenvalue weighted by atomic mass is 9.55. The SMILES string of the molecule is C=CCO[C@@]12Oc3ccc(OCCSc4ccccc4)cc3[C@H]3[C@H](CCCCO)[C@@H](CCCCO)C=C(C(=NOCc4ccccc4)C[C@@H]1N(Cc1ccc4c(c1)OCO4)C(=O)OCCCCCCCCCCCC)[C@H]32. The highest BCUT2D eigenvalue weighted by Crippen LogP contribution is 2.62. The van der Waals surface area contributed by atoms with E-state index in [1.807, 2.05) is 78.9 Å². The van der Waals surface area contributed by atoms with Crippen LogP contribution < -0.4 is 18.9 Å². The zero-order valence-electron chi connectivity index (χ0n) is 44.8. The minimum absolute atomic E-state index is 0.0491. The van der Waals surface area contributed by atoms with Crippen molar-refractivity contribution in [2.24, 2.45) is 22.9 Å². The number of fused-ring (bicyclic) bond motifs is 3. The van der Waals surface area contributed by atoms with E-state index in [-0.39, 0.29) is 70.5 Å². The van der Waals surface area contributed by atoms with Crippen molar-refractivity contribution in [3.8, 4) is 23.0 Å². The predicted octanol–water partition coefficient (Wildman–Crippen LogP) is 14.0. The lowest BCUT2D eigenvalue weighted by Gasteiger charge is -2.59. The van der Waals surface area contributed by atoms with Gasteiger partial charge in [-0.1, -0.05) is 149 Å². The van der Waals surface area contributed by atoms with E-state index in [1.165, 1.54) is 49.8 Å². The zero-order chi connectivity index (χ0) is 52.8. The molecule has 4 aromatic rings. The molecule has 4 aromatic carbocycles. The Labute approximate surface area is 456 Å². The maximum absolute atomic E-state index is 15.3. The number of amides is 1. The molecule has 1 saturated carbocycles. The number of oxime groups is 1. The highest BCUT2D eigenvalue weighted by atomic mass is 32.2. The first kappa shape index (κ1) is 56.7. The Morgan fingerprint density at radius 1 is 0.789 bits per heavy atom. The smallest absolute Gasteiger partial charge is 0.410 e. The molecule has 2 N–H and O–H groups in total. The maximum Gasteiger partial charge on any atom is 0.410 e. The Morgan fingerprint density at radius 3 is 2.25 bits per heavy atom. The van der Waals surface area contributed by atoms with Crippen molar-refractivity contribution in [1.29, 1.82) is 0 Å². The Balaban J connectivity index is 1.20. The van der Waals surface area contributed by atoms with Crippen LogP contribution in [0.1, 0.15) is 139 Å². The highest BCUT2D eigenvalue weighted by Gasteiger charge is 2.66. The molecule has 2 aliphatic carbocycles. The molecule has 0 spiro atoms. The third-order valence-corrected chi connectivity index (χ3v) is 16.4. The Bertz CT molecular complexity index is 2470. The van der Waals surface area contributed by atoms with E-state index in [1.54, 1.807) is 22.7 Å². The van der Waals surface area contributed by atoms with E-state index in [4.69, 9.17) is 38.4 Å². The van der Waals surface area contributed by atoms with Crippen molar-refractivity contribution >= 4 is 23.6 Å².